The van der Waals surface area contributed by atoms with Crippen LogP contribution in [0.1, 0.15) is 27.7 Å². The third kappa shape index (κ3) is 2.00. The third-order valence-corrected chi connectivity index (χ3v) is 2.98. The van der Waals surface area contributed by atoms with Crippen molar-refractivity contribution < 1.29 is 4.79 Å². The van der Waals surface area contributed by atoms with Crippen molar-refractivity contribution in [3.8, 4) is 6.07 Å². The fraction of sp³-hybridized carbons (Fsp3) is 0.0714. The zero-order valence-corrected chi connectivity index (χ0v) is 9.92. The summed E-state index contributed by atoms with van der Waals surface area (Å²) in [6.07, 6.45) is 1.31. The van der Waals surface area contributed by atoms with Gasteiger partial charge in [0.05, 0.1) is 17.2 Å². The molecule has 19 heavy (non-hydrogen) atoms. The topological polar surface area (TPSA) is 77.8 Å². The summed E-state index contributed by atoms with van der Waals surface area (Å²) in [7, 11) is 0. The monoisotopic (exact) mass is 250 g/mol. The van der Waals surface area contributed by atoms with Crippen molar-refractivity contribution in [2.45, 2.75) is 6.17 Å². The lowest BCUT2D eigenvalue weighted by atomic mass is 10.1. The van der Waals surface area contributed by atoms with Gasteiger partial charge in [-0.2, -0.15) is 5.26 Å². The van der Waals surface area contributed by atoms with E-state index >= 15 is 0 Å². The van der Waals surface area contributed by atoms with E-state index in [2.05, 4.69) is 21.7 Å². The molecule has 0 bridgehead atoms. The maximum atomic E-state index is 11.9. The SMILES string of the molecule is N#Cc1ccc(C2NC(=O)c3cccnc3N2)cc1. The largest absolute Gasteiger partial charge is 0.346 e. The molecule has 1 aromatic carbocycles. The minimum atomic E-state index is -0.331. The van der Waals surface area contributed by atoms with Crippen LogP contribution in [0.3, 0.4) is 0 Å². The van der Waals surface area contributed by atoms with Crippen LogP contribution >= 0.6 is 0 Å². The number of hydrogen-bond acceptors (Lipinski definition) is 4. The van der Waals surface area contributed by atoms with E-state index in [4.69, 9.17) is 5.26 Å². The molecule has 1 aliphatic heterocycles. The van der Waals surface area contributed by atoms with Gasteiger partial charge in [-0.3, -0.25) is 4.79 Å². The summed E-state index contributed by atoms with van der Waals surface area (Å²) in [5.41, 5.74) is 2.00. The molecule has 2 N–H and O–H groups in total. The van der Waals surface area contributed by atoms with Crippen molar-refractivity contribution in [2.75, 3.05) is 5.32 Å². The first-order valence-corrected chi connectivity index (χ1v) is 5.80. The Morgan fingerprint density at radius 2 is 1.95 bits per heavy atom. The summed E-state index contributed by atoms with van der Waals surface area (Å²) in [5, 5.41) is 14.8. The number of amides is 1. The van der Waals surface area contributed by atoms with Crippen LogP contribution in [0, 0.1) is 11.3 Å². The number of rotatable bonds is 1. The molecule has 0 fully saturated rings. The third-order valence-electron chi connectivity index (χ3n) is 2.98. The highest BCUT2D eigenvalue weighted by atomic mass is 16.2. The van der Waals surface area contributed by atoms with Crippen LogP contribution < -0.4 is 10.6 Å². The van der Waals surface area contributed by atoms with Crippen LogP contribution in [-0.2, 0) is 0 Å². The second kappa shape index (κ2) is 4.42. The molecule has 1 unspecified atom stereocenters. The molecule has 0 spiro atoms. The lowest BCUT2D eigenvalue weighted by Gasteiger charge is -2.27. The molecule has 5 nitrogen and oxygen atoms in total. The van der Waals surface area contributed by atoms with E-state index in [9.17, 15) is 4.79 Å². The molecule has 2 heterocycles. The Morgan fingerprint density at radius 1 is 1.16 bits per heavy atom. The number of aromatic nitrogens is 1. The van der Waals surface area contributed by atoms with Crippen LogP contribution in [-0.4, -0.2) is 10.9 Å². The first kappa shape index (κ1) is 11.2. The second-order valence-corrected chi connectivity index (χ2v) is 4.18. The predicted octanol–water partition coefficient (Wildman–Crippen LogP) is 1.81. The van der Waals surface area contributed by atoms with Crippen LogP contribution in [0.25, 0.3) is 0 Å². The Morgan fingerprint density at radius 3 is 2.68 bits per heavy atom. The quantitative estimate of drug-likeness (QED) is 0.809. The molecular formula is C14H10N4O. The number of hydrogen-bond donors (Lipinski definition) is 2. The van der Waals surface area contributed by atoms with Gasteiger partial charge in [-0.1, -0.05) is 12.1 Å². The number of pyridine rings is 1. The van der Waals surface area contributed by atoms with Gasteiger partial charge in [-0.15, -0.1) is 0 Å². The first-order chi connectivity index (χ1) is 9.28. The van der Waals surface area contributed by atoms with Crippen molar-refractivity contribution in [3.05, 3.63) is 59.3 Å². The Kier molecular flexibility index (Phi) is 2.62. The molecule has 1 atom stereocenters. The maximum absolute atomic E-state index is 11.9. The molecule has 92 valence electrons. The van der Waals surface area contributed by atoms with E-state index in [1.54, 1.807) is 30.5 Å². The van der Waals surface area contributed by atoms with E-state index in [0.29, 0.717) is 16.9 Å². The highest BCUT2D eigenvalue weighted by Crippen LogP contribution is 2.24. The average molecular weight is 250 g/mol. The van der Waals surface area contributed by atoms with Crippen molar-refractivity contribution in [2.24, 2.45) is 0 Å². The van der Waals surface area contributed by atoms with Gasteiger partial charge in [-0.25, -0.2) is 4.98 Å². The van der Waals surface area contributed by atoms with Gasteiger partial charge in [0.2, 0.25) is 0 Å². The zero-order chi connectivity index (χ0) is 13.2. The molecule has 0 aliphatic carbocycles. The summed E-state index contributed by atoms with van der Waals surface area (Å²) in [4.78, 5) is 16.1. The summed E-state index contributed by atoms with van der Waals surface area (Å²) in [6.45, 7) is 0. The summed E-state index contributed by atoms with van der Waals surface area (Å²) in [6, 6.07) is 12.6. The molecule has 1 aromatic heterocycles. The van der Waals surface area contributed by atoms with E-state index < -0.39 is 0 Å². The van der Waals surface area contributed by atoms with Crippen LogP contribution in [0.4, 0.5) is 5.82 Å². The number of carbonyl (C=O) groups excluding carboxylic acids is 1. The summed E-state index contributed by atoms with van der Waals surface area (Å²) in [5.74, 6) is 0.414. The normalized spacial score (nSPS) is 16.8. The van der Waals surface area contributed by atoms with Crippen molar-refractivity contribution in [1.29, 1.82) is 5.26 Å². The van der Waals surface area contributed by atoms with Crippen LogP contribution in [0.2, 0.25) is 0 Å². The van der Waals surface area contributed by atoms with Gasteiger partial charge < -0.3 is 10.6 Å². The van der Waals surface area contributed by atoms with E-state index in [-0.39, 0.29) is 12.1 Å². The van der Waals surface area contributed by atoms with Crippen molar-refractivity contribution in [3.63, 3.8) is 0 Å². The minimum Gasteiger partial charge on any atom is -0.346 e. The molecule has 0 saturated carbocycles. The van der Waals surface area contributed by atoms with Gasteiger partial charge in [-0.05, 0) is 29.8 Å². The number of nitrogens with zero attached hydrogens (tertiary/aromatic N) is 2. The summed E-state index contributed by atoms with van der Waals surface area (Å²) < 4.78 is 0. The van der Waals surface area contributed by atoms with Crippen LogP contribution in [0.5, 0.6) is 0 Å². The first-order valence-electron chi connectivity index (χ1n) is 5.80. The lowest BCUT2D eigenvalue weighted by Crippen LogP contribution is -2.38. The predicted molar refractivity (Wildman–Crippen MR) is 69.2 cm³/mol. The van der Waals surface area contributed by atoms with Crippen LogP contribution in [0.15, 0.2) is 42.6 Å². The highest BCUT2D eigenvalue weighted by Gasteiger charge is 2.24. The fourth-order valence-corrected chi connectivity index (χ4v) is 2.00. The van der Waals surface area contributed by atoms with Gasteiger partial charge in [0, 0.05) is 6.20 Å². The number of nitrogens with one attached hydrogen (secondary N) is 2. The van der Waals surface area contributed by atoms with Gasteiger partial charge in [0.25, 0.3) is 5.91 Å². The Balaban J connectivity index is 1.92. The standard InChI is InChI=1S/C14H10N4O/c15-8-9-3-5-10(6-4-9)12-17-13-11(14(19)18-12)2-1-7-16-13/h1-7,12H,(H,16,17)(H,18,19). The fourth-order valence-electron chi connectivity index (χ4n) is 2.00. The van der Waals surface area contributed by atoms with Crippen molar-refractivity contribution >= 4 is 11.7 Å². The van der Waals surface area contributed by atoms with E-state index in [0.717, 1.165) is 5.56 Å². The Labute approximate surface area is 109 Å². The smallest absolute Gasteiger partial charge is 0.256 e. The summed E-state index contributed by atoms with van der Waals surface area (Å²) >= 11 is 0. The number of fused-ring (bicyclic) bond motifs is 1. The molecule has 5 heteroatoms. The maximum Gasteiger partial charge on any atom is 0.256 e. The Hall–Kier alpha value is -2.87. The lowest BCUT2D eigenvalue weighted by molar-refractivity contribution is 0.0935. The molecule has 0 radical (unpaired) electrons. The molecule has 0 saturated heterocycles. The van der Waals surface area contributed by atoms with Gasteiger partial charge in [0.15, 0.2) is 0 Å². The Bertz CT molecular complexity index is 673. The number of carbonyl (C=O) groups is 1. The molecule has 1 amide bonds. The molecule has 1 aliphatic rings. The van der Waals surface area contributed by atoms with E-state index in [1.165, 1.54) is 0 Å². The highest BCUT2D eigenvalue weighted by molar-refractivity contribution is 6.00. The number of benzene rings is 1. The zero-order valence-electron chi connectivity index (χ0n) is 9.92. The number of anilines is 1. The number of nitriles is 1. The van der Waals surface area contributed by atoms with Crippen molar-refractivity contribution in [1.82, 2.24) is 10.3 Å². The van der Waals surface area contributed by atoms with Gasteiger partial charge in [0.1, 0.15) is 12.0 Å². The molecule has 3 rings (SSSR count). The molecule has 2 aromatic rings. The molecular weight excluding hydrogens is 240 g/mol. The average Bonchev–Trinajstić information content (AvgIpc) is 2.47. The van der Waals surface area contributed by atoms with E-state index in [1.807, 2.05) is 12.1 Å². The minimum absolute atomic E-state index is 0.156. The van der Waals surface area contributed by atoms with Gasteiger partial charge >= 0.3 is 0 Å². The second-order valence-electron chi connectivity index (χ2n) is 4.18.